The van der Waals surface area contributed by atoms with E-state index < -0.39 is 0 Å². The number of aromatic amines is 1. The maximum absolute atomic E-state index is 5.63. The summed E-state index contributed by atoms with van der Waals surface area (Å²) in [6, 6.07) is 14.5. The molecule has 0 amide bonds. The van der Waals surface area contributed by atoms with Crippen molar-refractivity contribution in [3.8, 4) is 0 Å². The van der Waals surface area contributed by atoms with Gasteiger partial charge in [0.15, 0.2) is 0 Å². The van der Waals surface area contributed by atoms with Gasteiger partial charge in [0.05, 0.1) is 11.0 Å². The highest BCUT2D eigenvalue weighted by molar-refractivity contribution is 5.81. The summed E-state index contributed by atoms with van der Waals surface area (Å²) < 4.78 is 0. The summed E-state index contributed by atoms with van der Waals surface area (Å²) in [4.78, 5) is 9.84. The number of aromatic nitrogens is 2. The number of H-pyrrole nitrogens is 1. The predicted molar refractivity (Wildman–Crippen MR) is 83.2 cm³/mol. The molecule has 1 aromatic heterocycles. The molecule has 4 nitrogen and oxygen atoms in total. The van der Waals surface area contributed by atoms with Crippen molar-refractivity contribution in [1.82, 2.24) is 9.97 Å². The van der Waals surface area contributed by atoms with E-state index in [1.807, 2.05) is 13.0 Å². The van der Waals surface area contributed by atoms with Gasteiger partial charge in [0.1, 0.15) is 5.82 Å². The topological polar surface area (TPSA) is 57.9 Å². The van der Waals surface area contributed by atoms with Crippen molar-refractivity contribution in [1.29, 1.82) is 0 Å². The first-order chi connectivity index (χ1) is 9.67. The van der Waals surface area contributed by atoms with Gasteiger partial charge in [0.2, 0.25) is 0 Å². The van der Waals surface area contributed by atoms with Gasteiger partial charge >= 0.3 is 0 Å². The van der Waals surface area contributed by atoms with Crippen LogP contribution < -0.4 is 10.6 Å². The second-order valence-corrected chi connectivity index (χ2v) is 4.95. The third kappa shape index (κ3) is 2.26. The summed E-state index contributed by atoms with van der Waals surface area (Å²) in [6.45, 7) is 2.54. The van der Waals surface area contributed by atoms with Gasteiger partial charge in [0.25, 0.3) is 0 Å². The molecule has 0 unspecified atom stereocenters. The van der Waals surface area contributed by atoms with Crippen LogP contribution in [0.4, 0.5) is 11.4 Å². The number of nitrogens with one attached hydrogen (secondary N) is 1. The molecule has 4 heteroatoms. The molecule has 102 valence electrons. The number of nitrogens with two attached hydrogens (primary N) is 1. The quantitative estimate of drug-likeness (QED) is 0.766. The second-order valence-electron chi connectivity index (χ2n) is 4.95. The summed E-state index contributed by atoms with van der Waals surface area (Å²) >= 11 is 0. The third-order valence-corrected chi connectivity index (χ3v) is 3.53. The average Bonchev–Trinajstić information content (AvgIpc) is 2.85. The van der Waals surface area contributed by atoms with Crippen LogP contribution in [0.25, 0.3) is 11.0 Å². The van der Waals surface area contributed by atoms with Crippen molar-refractivity contribution < 1.29 is 0 Å². The summed E-state index contributed by atoms with van der Waals surface area (Å²) in [5.41, 5.74) is 11.1. The zero-order chi connectivity index (χ0) is 14.1. The molecule has 0 bridgehead atoms. The first-order valence-electron chi connectivity index (χ1n) is 6.66. The Morgan fingerprint density at radius 2 is 1.80 bits per heavy atom. The molecule has 0 aliphatic heterocycles. The Balaban J connectivity index is 1.95. The highest BCUT2D eigenvalue weighted by atomic mass is 15.1. The maximum atomic E-state index is 5.63. The lowest BCUT2D eigenvalue weighted by atomic mass is 10.2. The van der Waals surface area contributed by atoms with Crippen molar-refractivity contribution in [2.75, 3.05) is 11.9 Å². The summed E-state index contributed by atoms with van der Waals surface area (Å²) in [7, 11) is 2.06. The fourth-order valence-electron chi connectivity index (χ4n) is 2.34. The SMILES string of the molecule is Cc1nc2ccc(N(C)c3ccc(CN)cc3)cc2[nH]1. The fourth-order valence-corrected chi connectivity index (χ4v) is 2.34. The van der Waals surface area contributed by atoms with Crippen LogP contribution in [0.3, 0.4) is 0 Å². The van der Waals surface area contributed by atoms with Crippen LogP contribution in [0.5, 0.6) is 0 Å². The number of imidazole rings is 1. The number of fused-ring (bicyclic) bond motifs is 1. The highest BCUT2D eigenvalue weighted by Gasteiger charge is 2.06. The monoisotopic (exact) mass is 266 g/mol. The van der Waals surface area contributed by atoms with Gasteiger partial charge in [-0.3, -0.25) is 0 Å². The Labute approximate surface area is 118 Å². The molecule has 1 heterocycles. The van der Waals surface area contributed by atoms with Crippen LogP contribution in [0, 0.1) is 6.92 Å². The number of rotatable bonds is 3. The molecule has 0 atom stereocenters. The normalized spacial score (nSPS) is 10.9. The standard InChI is InChI=1S/C16H18N4/c1-11-18-15-8-7-14(9-16(15)19-11)20(2)13-5-3-12(10-17)4-6-13/h3-9H,10,17H2,1-2H3,(H,18,19). The predicted octanol–water partition coefficient (Wildman–Crippen LogP) is 3.10. The molecule has 0 aliphatic rings. The van der Waals surface area contributed by atoms with E-state index in [2.05, 4.69) is 58.3 Å². The molecular formula is C16H18N4. The van der Waals surface area contributed by atoms with Crippen LogP contribution in [0.2, 0.25) is 0 Å². The van der Waals surface area contributed by atoms with E-state index in [1.165, 1.54) is 0 Å². The minimum absolute atomic E-state index is 0.573. The Bertz CT molecular complexity index is 728. The average molecular weight is 266 g/mol. The number of hydrogen-bond donors (Lipinski definition) is 2. The smallest absolute Gasteiger partial charge is 0.104 e. The minimum Gasteiger partial charge on any atom is -0.345 e. The molecule has 0 aliphatic carbocycles. The van der Waals surface area contributed by atoms with E-state index >= 15 is 0 Å². The van der Waals surface area contributed by atoms with Crippen molar-refractivity contribution in [2.45, 2.75) is 13.5 Å². The van der Waals surface area contributed by atoms with E-state index in [1.54, 1.807) is 0 Å². The second kappa shape index (κ2) is 4.98. The van der Waals surface area contributed by atoms with Gasteiger partial charge in [-0.15, -0.1) is 0 Å². The van der Waals surface area contributed by atoms with Gasteiger partial charge in [-0.1, -0.05) is 12.1 Å². The van der Waals surface area contributed by atoms with Crippen LogP contribution in [0.1, 0.15) is 11.4 Å². The van der Waals surface area contributed by atoms with E-state index in [9.17, 15) is 0 Å². The number of benzene rings is 2. The third-order valence-electron chi connectivity index (χ3n) is 3.53. The number of hydrogen-bond acceptors (Lipinski definition) is 3. The molecule has 0 saturated carbocycles. The highest BCUT2D eigenvalue weighted by Crippen LogP contribution is 2.26. The number of nitrogens with zero attached hydrogens (tertiary/aromatic N) is 2. The fraction of sp³-hybridized carbons (Fsp3) is 0.188. The lowest BCUT2D eigenvalue weighted by molar-refractivity contribution is 1.07. The first-order valence-corrected chi connectivity index (χ1v) is 6.66. The van der Waals surface area contributed by atoms with Crippen LogP contribution in [-0.2, 0) is 6.54 Å². The maximum Gasteiger partial charge on any atom is 0.104 e. The van der Waals surface area contributed by atoms with E-state index in [0.29, 0.717) is 6.54 Å². The lowest BCUT2D eigenvalue weighted by Gasteiger charge is -2.19. The van der Waals surface area contributed by atoms with Crippen LogP contribution >= 0.6 is 0 Å². The Morgan fingerprint density at radius 3 is 2.50 bits per heavy atom. The molecule has 0 spiro atoms. The number of aryl methyl sites for hydroxylation is 1. The van der Waals surface area contributed by atoms with Gasteiger partial charge in [-0.05, 0) is 42.8 Å². The Morgan fingerprint density at radius 1 is 1.10 bits per heavy atom. The summed E-state index contributed by atoms with van der Waals surface area (Å²) in [6.07, 6.45) is 0. The van der Waals surface area contributed by atoms with Crippen LogP contribution in [-0.4, -0.2) is 17.0 Å². The Hall–Kier alpha value is -2.33. The van der Waals surface area contributed by atoms with E-state index in [-0.39, 0.29) is 0 Å². The van der Waals surface area contributed by atoms with Crippen LogP contribution in [0.15, 0.2) is 42.5 Å². The summed E-state index contributed by atoms with van der Waals surface area (Å²) in [5.74, 6) is 0.937. The lowest BCUT2D eigenvalue weighted by Crippen LogP contribution is -2.09. The first kappa shape index (κ1) is 12.7. The molecule has 20 heavy (non-hydrogen) atoms. The molecule has 0 fully saturated rings. The van der Waals surface area contributed by atoms with Gasteiger partial charge in [0, 0.05) is 25.0 Å². The Kier molecular flexibility index (Phi) is 3.16. The van der Waals surface area contributed by atoms with Gasteiger partial charge in [-0.25, -0.2) is 4.98 Å². The van der Waals surface area contributed by atoms with Gasteiger partial charge in [-0.2, -0.15) is 0 Å². The van der Waals surface area contributed by atoms with E-state index in [0.717, 1.165) is 33.8 Å². The molecule has 0 radical (unpaired) electrons. The van der Waals surface area contributed by atoms with E-state index in [4.69, 9.17) is 5.73 Å². The largest absolute Gasteiger partial charge is 0.345 e. The van der Waals surface area contributed by atoms with Crippen molar-refractivity contribution in [2.24, 2.45) is 5.73 Å². The molecular weight excluding hydrogens is 248 g/mol. The summed E-state index contributed by atoms with van der Waals surface area (Å²) in [5, 5.41) is 0. The van der Waals surface area contributed by atoms with Crippen molar-refractivity contribution >= 4 is 22.4 Å². The molecule has 3 N–H and O–H groups in total. The van der Waals surface area contributed by atoms with Crippen molar-refractivity contribution in [3.63, 3.8) is 0 Å². The molecule has 0 saturated heterocycles. The zero-order valence-corrected chi connectivity index (χ0v) is 11.7. The molecule has 3 rings (SSSR count). The van der Waals surface area contributed by atoms with Crippen molar-refractivity contribution in [3.05, 3.63) is 53.9 Å². The minimum atomic E-state index is 0.573. The van der Waals surface area contributed by atoms with Gasteiger partial charge < -0.3 is 15.6 Å². The molecule has 3 aromatic rings. The molecule has 2 aromatic carbocycles. The number of anilines is 2. The zero-order valence-electron chi connectivity index (χ0n) is 11.7.